The fourth-order valence-electron chi connectivity index (χ4n) is 0.752. The number of carbonyl (C=O) groups excluding carboxylic acids is 1. The summed E-state index contributed by atoms with van der Waals surface area (Å²) in [6.07, 6.45) is 6.86. The number of nitrogens with one attached hydrogen (secondary N) is 1. The van der Waals surface area contributed by atoms with Crippen molar-refractivity contribution in [1.29, 1.82) is 0 Å². The molecule has 1 aliphatic rings. The Morgan fingerprint density at radius 3 is 2.90 bits per heavy atom. The molecule has 2 heteroatoms. The third kappa shape index (κ3) is 3.28. The molecule has 56 valence electrons. The summed E-state index contributed by atoms with van der Waals surface area (Å²) in [6, 6.07) is 0. The van der Waals surface area contributed by atoms with Gasteiger partial charge in [0, 0.05) is 13.5 Å². The minimum atomic E-state index is 0.0421. The molecule has 0 saturated heterocycles. The van der Waals surface area contributed by atoms with Crippen LogP contribution in [0.2, 0.25) is 0 Å². The summed E-state index contributed by atoms with van der Waals surface area (Å²) in [6.45, 7) is 2.22. The van der Waals surface area contributed by atoms with Gasteiger partial charge in [0.05, 0.1) is 0 Å². The maximum absolute atomic E-state index is 10.4. The van der Waals surface area contributed by atoms with Gasteiger partial charge >= 0.3 is 0 Å². The molecular weight excluding hydrogens is 126 g/mol. The van der Waals surface area contributed by atoms with Crippen molar-refractivity contribution < 1.29 is 4.79 Å². The van der Waals surface area contributed by atoms with Crippen molar-refractivity contribution in [3.05, 3.63) is 12.2 Å². The second kappa shape index (κ2) is 3.40. The first-order valence-corrected chi connectivity index (χ1v) is 3.70. The predicted octanol–water partition coefficient (Wildman–Crippen LogP) is 1.09. The maximum atomic E-state index is 10.4. The molecule has 1 fully saturated rings. The number of amides is 1. The Bertz CT molecular complexity index is 147. The number of hydrogen-bond donors (Lipinski definition) is 1. The quantitative estimate of drug-likeness (QED) is 0.582. The molecule has 1 aliphatic carbocycles. The zero-order valence-electron chi connectivity index (χ0n) is 6.26. The van der Waals surface area contributed by atoms with Crippen LogP contribution in [0.3, 0.4) is 0 Å². The molecule has 1 amide bonds. The van der Waals surface area contributed by atoms with E-state index < -0.39 is 0 Å². The average Bonchev–Trinajstić information content (AvgIpc) is 2.62. The largest absolute Gasteiger partial charge is 0.353 e. The summed E-state index contributed by atoms with van der Waals surface area (Å²) >= 11 is 0. The highest BCUT2D eigenvalue weighted by Crippen LogP contribution is 2.29. The lowest BCUT2D eigenvalue weighted by Crippen LogP contribution is -2.19. The van der Waals surface area contributed by atoms with Crippen molar-refractivity contribution in [2.75, 3.05) is 6.54 Å². The van der Waals surface area contributed by atoms with Gasteiger partial charge in [0.2, 0.25) is 5.91 Å². The monoisotopic (exact) mass is 139 g/mol. The summed E-state index contributed by atoms with van der Waals surface area (Å²) in [7, 11) is 0. The standard InChI is InChI=1S/C8H13NO/c1-7(10)9-6-2-3-8-4-5-8/h2-3,8H,4-6H2,1H3,(H,9,10)/b3-2+. The molecule has 2 nitrogen and oxygen atoms in total. The summed E-state index contributed by atoms with van der Waals surface area (Å²) in [5.41, 5.74) is 0. The fraction of sp³-hybridized carbons (Fsp3) is 0.625. The Morgan fingerprint density at radius 2 is 2.40 bits per heavy atom. The van der Waals surface area contributed by atoms with E-state index in [1.165, 1.54) is 19.8 Å². The molecule has 0 heterocycles. The first kappa shape index (κ1) is 7.32. The number of allylic oxidation sites excluding steroid dienone is 1. The second-order valence-electron chi connectivity index (χ2n) is 2.70. The van der Waals surface area contributed by atoms with Gasteiger partial charge in [-0.1, -0.05) is 12.2 Å². The Kier molecular flexibility index (Phi) is 2.49. The van der Waals surface area contributed by atoms with Gasteiger partial charge in [-0.05, 0) is 18.8 Å². The van der Waals surface area contributed by atoms with Gasteiger partial charge < -0.3 is 5.32 Å². The maximum Gasteiger partial charge on any atom is 0.217 e. The van der Waals surface area contributed by atoms with E-state index in [0.29, 0.717) is 6.54 Å². The van der Waals surface area contributed by atoms with Crippen LogP contribution >= 0.6 is 0 Å². The van der Waals surface area contributed by atoms with Crippen LogP contribution < -0.4 is 5.32 Å². The molecule has 0 atom stereocenters. The molecule has 1 rings (SSSR count). The van der Waals surface area contributed by atoms with Crippen molar-refractivity contribution >= 4 is 5.91 Å². The van der Waals surface area contributed by atoms with Crippen molar-refractivity contribution in [3.8, 4) is 0 Å². The van der Waals surface area contributed by atoms with E-state index >= 15 is 0 Å². The first-order valence-electron chi connectivity index (χ1n) is 3.70. The number of carbonyl (C=O) groups is 1. The zero-order valence-corrected chi connectivity index (χ0v) is 6.26. The van der Waals surface area contributed by atoms with E-state index in [4.69, 9.17) is 0 Å². The van der Waals surface area contributed by atoms with Gasteiger partial charge in [-0.15, -0.1) is 0 Å². The highest BCUT2D eigenvalue weighted by atomic mass is 16.1. The minimum Gasteiger partial charge on any atom is -0.353 e. The molecule has 0 radical (unpaired) electrons. The lowest BCUT2D eigenvalue weighted by molar-refractivity contribution is -0.118. The molecule has 0 spiro atoms. The third-order valence-corrected chi connectivity index (χ3v) is 1.50. The van der Waals surface area contributed by atoms with Gasteiger partial charge in [0.25, 0.3) is 0 Å². The predicted molar refractivity (Wildman–Crippen MR) is 40.5 cm³/mol. The molecule has 0 bridgehead atoms. The van der Waals surface area contributed by atoms with E-state index in [0.717, 1.165) is 5.92 Å². The molecule has 1 N–H and O–H groups in total. The van der Waals surface area contributed by atoms with Gasteiger partial charge in [0.15, 0.2) is 0 Å². The molecule has 0 aromatic heterocycles. The normalized spacial score (nSPS) is 17.7. The van der Waals surface area contributed by atoms with E-state index in [9.17, 15) is 4.79 Å². The van der Waals surface area contributed by atoms with E-state index in [-0.39, 0.29) is 5.91 Å². The second-order valence-corrected chi connectivity index (χ2v) is 2.70. The molecule has 1 saturated carbocycles. The summed E-state index contributed by atoms with van der Waals surface area (Å²) < 4.78 is 0. The minimum absolute atomic E-state index is 0.0421. The molecule has 10 heavy (non-hydrogen) atoms. The van der Waals surface area contributed by atoms with Crippen LogP contribution in [-0.2, 0) is 4.79 Å². The molecular formula is C8H13NO. The molecule has 0 aliphatic heterocycles. The van der Waals surface area contributed by atoms with Crippen molar-refractivity contribution in [2.45, 2.75) is 19.8 Å². The average molecular weight is 139 g/mol. The van der Waals surface area contributed by atoms with Crippen LogP contribution in [0.4, 0.5) is 0 Å². The zero-order chi connectivity index (χ0) is 7.40. The molecule has 0 aromatic carbocycles. The van der Waals surface area contributed by atoms with Crippen LogP contribution in [0, 0.1) is 5.92 Å². The van der Waals surface area contributed by atoms with E-state index in [1.54, 1.807) is 0 Å². The van der Waals surface area contributed by atoms with Crippen molar-refractivity contribution in [3.63, 3.8) is 0 Å². The van der Waals surface area contributed by atoms with E-state index in [1.807, 2.05) is 6.08 Å². The Labute approximate surface area is 61.3 Å². The number of rotatable bonds is 3. The smallest absolute Gasteiger partial charge is 0.217 e. The molecule has 0 aromatic rings. The van der Waals surface area contributed by atoms with Crippen LogP contribution in [0.15, 0.2) is 12.2 Å². The number of hydrogen-bond acceptors (Lipinski definition) is 1. The summed E-state index contributed by atoms with van der Waals surface area (Å²) in [5, 5.41) is 2.70. The summed E-state index contributed by atoms with van der Waals surface area (Å²) in [4.78, 5) is 10.4. The van der Waals surface area contributed by atoms with Crippen LogP contribution in [0.25, 0.3) is 0 Å². The highest BCUT2D eigenvalue weighted by molar-refractivity contribution is 5.72. The van der Waals surface area contributed by atoms with Gasteiger partial charge in [-0.3, -0.25) is 4.79 Å². The fourth-order valence-corrected chi connectivity index (χ4v) is 0.752. The summed E-state index contributed by atoms with van der Waals surface area (Å²) in [5.74, 6) is 0.856. The van der Waals surface area contributed by atoms with Gasteiger partial charge in [-0.2, -0.15) is 0 Å². The lowest BCUT2D eigenvalue weighted by atomic mass is 10.3. The van der Waals surface area contributed by atoms with E-state index in [2.05, 4.69) is 11.4 Å². The Morgan fingerprint density at radius 1 is 1.70 bits per heavy atom. The topological polar surface area (TPSA) is 29.1 Å². The van der Waals surface area contributed by atoms with Crippen molar-refractivity contribution in [2.24, 2.45) is 5.92 Å². The molecule has 0 unspecified atom stereocenters. The van der Waals surface area contributed by atoms with Crippen molar-refractivity contribution in [1.82, 2.24) is 5.32 Å². The lowest BCUT2D eigenvalue weighted by Gasteiger charge is -1.92. The van der Waals surface area contributed by atoms with Crippen LogP contribution in [-0.4, -0.2) is 12.5 Å². The van der Waals surface area contributed by atoms with Gasteiger partial charge in [-0.25, -0.2) is 0 Å². The van der Waals surface area contributed by atoms with Gasteiger partial charge in [0.1, 0.15) is 0 Å². The Balaban J connectivity index is 1.98. The van der Waals surface area contributed by atoms with Crippen LogP contribution in [0.1, 0.15) is 19.8 Å². The highest BCUT2D eigenvalue weighted by Gasteiger charge is 2.16. The van der Waals surface area contributed by atoms with Crippen LogP contribution in [0.5, 0.6) is 0 Å². The SMILES string of the molecule is CC(=O)NC/C=C/C1CC1. The first-order chi connectivity index (χ1) is 4.79. The Hall–Kier alpha value is -0.790. The third-order valence-electron chi connectivity index (χ3n) is 1.50.